The molecule has 13 heavy (non-hydrogen) atoms. The van der Waals surface area contributed by atoms with E-state index in [0.717, 1.165) is 25.5 Å². The molecule has 0 aliphatic heterocycles. The molecule has 0 spiro atoms. The maximum Gasteiger partial charge on any atom is 0.129 e. The second-order valence-electron chi connectivity index (χ2n) is 3.63. The Morgan fingerprint density at radius 3 is 2.46 bits per heavy atom. The van der Waals surface area contributed by atoms with Crippen LogP contribution in [0, 0.1) is 5.92 Å². The van der Waals surface area contributed by atoms with Gasteiger partial charge in [0.25, 0.3) is 0 Å². The van der Waals surface area contributed by atoms with Crippen molar-refractivity contribution in [3.8, 4) is 0 Å². The van der Waals surface area contributed by atoms with Crippen LogP contribution in [0.4, 0.5) is 0 Å². The highest BCUT2D eigenvalue weighted by atomic mass is 16.1. The molecule has 1 atom stereocenters. The highest BCUT2D eigenvalue weighted by Gasteiger charge is 2.07. The fourth-order valence-corrected chi connectivity index (χ4v) is 1.33. The first-order valence-electron chi connectivity index (χ1n) is 5.15. The average Bonchev–Trinajstić information content (AvgIpc) is 2.10. The number of carbonyl (C=O) groups excluding carboxylic acids is 2. The fourth-order valence-electron chi connectivity index (χ4n) is 1.33. The number of aldehydes is 1. The van der Waals surface area contributed by atoms with E-state index in [1.807, 2.05) is 0 Å². The summed E-state index contributed by atoms with van der Waals surface area (Å²) in [4.78, 5) is 21.3. The van der Waals surface area contributed by atoms with Crippen molar-refractivity contribution in [1.29, 1.82) is 0 Å². The van der Waals surface area contributed by atoms with Crippen LogP contribution in [-0.4, -0.2) is 12.1 Å². The lowest BCUT2D eigenvalue weighted by Crippen LogP contribution is -2.04. The molecular weight excluding hydrogens is 164 g/mol. The molecule has 0 saturated carbocycles. The van der Waals surface area contributed by atoms with Gasteiger partial charge in [0, 0.05) is 12.3 Å². The molecule has 0 aromatic heterocycles. The molecule has 1 unspecified atom stereocenters. The van der Waals surface area contributed by atoms with E-state index in [1.165, 1.54) is 12.8 Å². The van der Waals surface area contributed by atoms with Gasteiger partial charge >= 0.3 is 0 Å². The van der Waals surface area contributed by atoms with E-state index in [1.54, 1.807) is 6.92 Å². The van der Waals surface area contributed by atoms with E-state index >= 15 is 0 Å². The summed E-state index contributed by atoms with van der Waals surface area (Å²) in [6.07, 6.45) is 6.71. The van der Waals surface area contributed by atoms with Crippen molar-refractivity contribution in [3.63, 3.8) is 0 Å². The summed E-state index contributed by atoms with van der Waals surface area (Å²) in [6, 6.07) is 0. The fraction of sp³-hybridized carbons (Fsp3) is 0.818. The van der Waals surface area contributed by atoms with Crippen molar-refractivity contribution < 1.29 is 9.59 Å². The Morgan fingerprint density at radius 1 is 1.31 bits per heavy atom. The van der Waals surface area contributed by atoms with Crippen LogP contribution in [0.1, 0.15) is 52.4 Å². The Morgan fingerprint density at radius 2 is 2.00 bits per heavy atom. The Kier molecular flexibility index (Phi) is 7.56. The topological polar surface area (TPSA) is 34.1 Å². The smallest absolute Gasteiger partial charge is 0.129 e. The van der Waals surface area contributed by atoms with Crippen LogP contribution in [0.15, 0.2) is 0 Å². The van der Waals surface area contributed by atoms with Crippen molar-refractivity contribution in [2.75, 3.05) is 0 Å². The maximum atomic E-state index is 10.7. The molecule has 0 radical (unpaired) electrons. The molecule has 0 fully saturated rings. The van der Waals surface area contributed by atoms with Crippen molar-refractivity contribution in [1.82, 2.24) is 0 Å². The molecule has 76 valence electrons. The molecule has 0 aromatic carbocycles. The monoisotopic (exact) mass is 184 g/mol. The average molecular weight is 184 g/mol. The van der Waals surface area contributed by atoms with Gasteiger partial charge in [0.2, 0.25) is 0 Å². The van der Waals surface area contributed by atoms with Crippen LogP contribution in [0.3, 0.4) is 0 Å². The van der Waals surface area contributed by atoms with Crippen molar-refractivity contribution in [2.45, 2.75) is 52.4 Å². The Labute approximate surface area is 80.7 Å². The van der Waals surface area contributed by atoms with E-state index in [0.29, 0.717) is 6.42 Å². The van der Waals surface area contributed by atoms with E-state index in [9.17, 15) is 9.59 Å². The first-order valence-corrected chi connectivity index (χ1v) is 5.15. The standard InChI is InChI=1S/C11H20O2/c1-3-4-5-6-11(9-12)8-7-10(2)13/h9,11H,3-8H2,1-2H3. The molecule has 0 aliphatic carbocycles. The molecule has 0 heterocycles. The normalized spacial score (nSPS) is 12.5. The molecule has 2 heteroatoms. The summed E-state index contributed by atoms with van der Waals surface area (Å²) in [6.45, 7) is 3.72. The number of carbonyl (C=O) groups is 2. The predicted octanol–water partition coefficient (Wildman–Crippen LogP) is 2.75. The third-order valence-electron chi connectivity index (χ3n) is 2.24. The number of ketones is 1. The summed E-state index contributed by atoms with van der Waals surface area (Å²) in [5, 5.41) is 0. The van der Waals surface area contributed by atoms with Crippen LogP contribution in [0.2, 0.25) is 0 Å². The van der Waals surface area contributed by atoms with E-state index < -0.39 is 0 Å². The van der Waals surface area contributed by atoms with E-state index in [4.69, 9.17) is 0 Å². The molecule has 0 aromatic rings. The van der Waals surface area contributed by atoms with Crippen LogP contribution in [-0.2, 0) is 9.59 Å². The summed E-state index contributed by atoms with van der Waals surface area (Å²) < 4.78 is 0. The molecule has 0 amide bonds. The summed E-state index contributed by atoms with van der Waals surface area (Å²) in [5.41, 5.74) is 0. The highest BCUT2D eigenvalue weighted by molar-refractivity contribution is 5.75. The van der Waals surface area contributed by atoms with Gasteiger partial charge in [0.1, 0.15) is 12.1 Å². The van der Waals surface area contributed by atoms with Gasteiger partial charge in [0.15, 0.2) is 0 Å². The number of hydrogen-bond donors (Lipinski definition) is 0. The van der Waals surface area contributed by atoms with Crippen LogP contribution >= 0.6 is 0 Å². The Hall–Kier alpha value is -0.660. The van der Waals surface area contributed by atoms with Gasteiger partial charge in [-0.1, -0.05) is 26.2 Å². The quantitative estimate of drug-likeness (QED) is 0.429. The SMILES string of the molecule is CCCCCC(C=O)CCC(C)=O. The molecular formula is C11H20O2. The lowest BCUT2D eigenvalue weighted by atomic mass is 9.97. The maximum absolute atomic E-state index is 10.7. The Balaban J connectivity index is 3.51. The van der Waals surface area contributed by atoms with E-state index in [-0.39, 0.29) is 11.7 Å². The highest BCUT2D eigenvalue weighted by Crippen LogP contribution is 2.13. The van der Waals surface area contributed by atoms with Crippen molar-refractivity contribution in [3.05, 3.63) is 0 Å². The minimum Gasteiger partial charge on any atom is -0.303 e. The zero-order valence-electron chi connectivity index (χ0n) is 8.71. The van der Waals surface area contributed by atoms with Crippen molar-refractivity contribution >= 4 is 12.1 Å². The van der Waals surface area contributed by atoms with Gasteiger partial charge in [-0.3, -0.25) is 0 Å². The van der Waals surface area contributed by atoms with Gasteiger partial charge in [-0.25, -0.2) is 0 Å². The third kappa shape index (κ3) is 7.69. The zero-order chi connectivity index (χ0) is 10.1. The van der Waals surface area contributed by atoms with Crippen LogP contribution in [0.25, 0.3) is 0 Å². The molecule has 0 aliphatic rings. The third-order valence-corrected chi connectivity index (χ3v) is 2.24. The van der Waals surface area contributed by atoms with Crippen LogP contribution in [0.5, 0.6) is 0 Å². The summed E-state index contributed by atoms with van der Waals surface area (Å²) in [7, 11) is 0. The minimum atomic E-state index is 0.107. The molecule has 2 nitrogen and oxygen atoms in total. The van der Waals surface area contributed by atoms with Gasteiger partial charge in [-0.05, 0) is 19.8 Å². The van der Waals surface area contributed by atoms with Crippen LogP contribution < -0.4 is 0 Å². The first kappa shape index (κ1) is 12.3. The molecule has 0 N–H and O–H groups in total. The van der Waals surface area contributed by atoms with Gasteiger partial charge in [0.05, 0.1) is 0 Å². The molecule has 0 bridgehead atoms. The zero-order valence-corrected chi connectivity index (χ0v) is 8.71. The molecule has 0 rings (SSSR count). The number of unbranched alkanes of at least 4 members (excludes halogenated alkanes) is 2. The summed E-state index contributed by atoms with van der Waals surface area (Å²) >= 11 is 0. The summed E-state index contributed by atoms with van der Waals surface area (Å²) in [5.74, 6) is 0.290. The lowest BCUT2D eigenvalue weighted by molar-refractivity contribution is -0.117. The van der Waals surface area contributed by atoms with E-state index in [2.05, 4.69) is 6.92 Å². The first-order chi connectivity index (χ1) is 6.20. The van der Waals surface area contributed by atoms with Gasteiger partial charge in [-0.15, -0.1) is 0 Å². The number of hydrogen-bond acceptors (Lipinski definition) is 2. The number of rotatable bonds is 8. The largest absolute Gasteiger partial charge is 0.303 e. The molecule has 0 saturated heterocycles. The minimum absolute atomic E-state index is 0.107. The van der Waals surface area contributed by atoms with Crippen molar-refractivity contribution in [2.24, 2.45) is 5.92 Å². The predicted molar refractivity (Wildman–Crippen MR) is 53.6 cm³/mol. The second-order valence-corrected chi connectivity index (χ2v) is 3.63. The number of Topliss-reactive ketones (excluding diaryl/α,β-unsaturated/α-hetero) is 1. The second kappa shape index (κ2) is 7.96. The van der Waals surface area contributed by atoms with Gasteiger partial charge in [-0.2, -0.15) is 0 Å². The van der Waals surface area contributed by atoms with Gasteiger partial charge < -0.3 is 9.59 Å². The lowest BCUT2D eigenvalue weighted by Gasteiger charge is -2.07. The Bertz CT molecular complexity index is 152.